The third-order valence-corrected chi connectivity index (χ3v) is 4.46. The summed E-state index contributed by atoms with van der Waals surface area (Å²) in [6.45, 7) is 4.16. The molecule has 0 bridgehead atoms. The fraction of sp³-hybridized carbons (Fsp3) is 0.118. The summed E-state index contributed by atoms with van der Waals surface area (Å²) in [5.41, 5.74) is 5.07. The zero-order valence-electron chi connectivity index (χ0n) is 11.3. The standard InChI is InChI=1S/C17H14O2S/c1-10-3-5-13(11(2)7-10)15-9-20-16-6-4-12(17(18)19)8-14(15)16/h3-9H,1-2H3,(H,18,19). The zero-order chi connectivity index (χ0) is 14.3. The van der Waals surface area contributed by atoms with Gasteiger partial charge in [0.05, 0.1) is 5.56 Å². The number of thiophene rings is 1. The third-order valence-electron chi connectivity index (χ3n) is 3.49. The van der Waals surface area contributed by atoms with Crippen LogP contribution in [-0.4, -0.2) is 11.1 Å². The van der Waals surface area contributed by atoms with E-state index in [4.69, 9.17) is 5.11 Å². The Morgan fingerprint density at radius 2 is 1.85 bits per heavy atom. The van der Waals surface area contributed by atoms with Crippen molar-refractivity contribution in [3.63, 3.8) is 0 Å². The normalized spacial score (nSPS) is 10.9. The SMILES string of the molecule is Cc1ccc(-c2csc3ccc(C(=O)O)cc23)c(C)c1. The van der Waals surface area contributed by atoms with Crippen molar-refractivity contribution in [2.24, 2.45) is 0 Å². The lowest BCUT2D eigenvalue weighted by molar-refractivity contribution is 0.0697. The van der Waals surface area contributed by atoms with Gasteiger partial charge in [0.25, 0.3) is 0 Å². The Morgan fingerprint density at radius 1 is 1.05 bits per heavy atom. The lowest BCUT2D eigenvalue weighted by Crippen LogP contribution is -1.94. The van der Waals surface area contributed by atoms with Gasteiger partial charge in [-0.05, 0) is 48.6 Å². The number of carbonyl (C=O) groups is 1. The summed E-state index contributed by atoms with van der Waals surface area (Å²) in [5.74, 6) is -0.885. The average molecular weight is 282 g/mol. The Bertz CT molecular complexity index is 815. The quantitative estimate of drug-likeness (QED) is 0.727. The fourth-order valence-corrected chi connectivity index (χ4v) is 3.43. The molecule has 0 fully saturated rings. The highest BCUT2D eigenvalue weighted by Gasteiger charge is 2.11. The van der Waals surface area contributed by atoms with Crippen molar-refractivity contribution >= 4 is 27.4 Å². The van der Waals surface area contributed by atoms with Crippen LogP contribution in [0.2, 0.25) is 0 Å². The Balaban J connectivity index is 2.25. The van der Waals surface area contributed by atoms with Crippen LogP contribution in [0.5, 0.6) is 0 Å². The Kier molecular flexibility index (Phi) is 3.07. The smallest absolute Gasteiger partial charge is 0.335 e. The summed E-state index contributed by atoms with van der Waals surface area (Å²) in [5, 5.41) is 12.3. The lowest BCUT2D eigenvalue weighted by Gasteiger charge is -2.06. The number of rotatable bonds is 2. The molecule has 0 spiro atoms. The number of hydrogen-bond acceptors (Lipinski definition) is 2. The molecule has 0 atom stereocenters. The van der Waals surface area contributed by atoms with Crippen LogP contribution in [0.3, 0.4) is 0 Å². The second-order valence-corrected chi connectivity index (χ2v) is 5.90. The monoisotopic (exact) mass is 282 g/mol. The van der Waals surface area contributed by atoms with Gasteiger partial charge in [-0.25, -0.2) is 4.79 Å². The number of benzene rings is 2. The van der Waals surface area contributed by atoms with Gasteiger partial charge in [0.1, 0.15) is 0 Å². The Morgan fingerprint density at radius 3 is 2.55 bits per heavy atom. The molecule has 0 saturated carbocycles. The number of fused-ring (bicyclic) bond motifs is 1. The van der Waals surface area contributed by atoms with Gasteiger partial charge in [-0.1, -0.05) is 23.8 Å². The van der Waals surface area contributed by atoms with Crippen LogP contribution < -0.4 is 0 Å². The number of aryl methyl sites for hydroxylation is 2. The summed E-state index contributed by atoms with van der Waals surface area (Å²) in [4.78, 5) is 11.1. The van der Waals surface area contributed by atoms with E-state index in [1.807, 2.05) is 6.07 Å². The van der Waals surface area contributed by atoms with Crippen molar-refractivity contribution in [1.82, 2.24) is 0 Å². The molecule has 1 heterocycles. The minimum Gasteiger partial charge on any atom is -0.478 e. The molecule has 3 aromatic rings. The summed E-state index contributed by atoms with van der Waals surface area (Å²) in [6, 6.07) is 11.7. The largest absolute Gasteiger partial charge is 0.478 e. The van der Waals surface area contributed by atoms with Crippen molar-refractivity contribution in [3.8, 4) is 11.1 Å². The highest BCUT2D eigenvalue weighted by Crippen LogP contribution is 2.36. The first kappa shape index (κ1) is 12.9. The van der Waals surface area contributed by atoms with Crippen LogP contribution in [0.1, 0.15) is 21.5 Å². The van der Waals surface area contributed by atoms with Crippen molar-refractivity contribution in [2.45, 2.75) is 13.8 Å². The van der Waals surface area contributed by atoms with Crippen LogP contribution >= 0.6 is 11.3 Å². The van der Waals surface area contributed by atoms with Crippen molar-refractivity contribution in [2.75, 3.05) is 0 Å². The van der Waals surface area contributed by atoms with E-state index in [9.17, 15) is 4.79 Å². The van der Waals surface area contributed by atoms with E-state index in [0.29, 0.717) is 5.56 Å². The van der Waals surface area contributed by atoms with E-state index < -0.39 is 5.97 Å². The summed E-state index contributed by atoms with van der Waals surface area (Å²) < 4.78 is 1.12. The molecule has 0 unspecified atom stereocenters. The first-order valence-corrected chi connectivity index (χ1v) is 7.26. The highest BCUT2D eigenvalue weighted by molar-refractivity contribution is 7.17. The number of carboxylic acid groups (broad SMARTS) is 1. The molecule has 0 amide bonds. The molecule has 0 saturated heterocycles. The van der Waals surface area contributed by atoms with E-state index in [-0.39, 0.29) is 0 Å². The van der Waals surface area contributed by atoms with Crippen LogP contribution in [0.25, 0.3) is 21.2 Å². The predicted octanol–water partition coefficient (Wildman–Crippen LogP) is 4.88. The first-order chi connectivity index (χ1) is 9.56. The maximum atomic E-state index is 11.1. The van der Waals surface area contributed by atoms with Gasteiger partial charge in [0, 0.05) is 15.6 Å². The summed E-state index contributed by atoms with van der Waals surface area (Å²) >= 11 is 1.65. The van der Waals surface area contributed by atoms with Crippen LogP contribution in [-0.2, 0) is 0 Å². The minimum atomic E-state index is -0.885. The van der Waals surface area contributed by atoms with Gasteiger partial charge in [-0.15, -0.1) is 11.3 Å². The van der Waals surface area contributed by atoms with Gasteiger partial charge in [-0.2, -0.15) is 0 Å². The minimum absolute atomic E-state index is 0.335. The second kappa shape index (κ2) is 4.76. The zero-order valence-corrected chi connectivity index (χ0v) is 12.1. The van der Waals surface area contributed by atoms with Crippen molar-refractivity contribution in [1.29, 1.82) is 0 Å². The molecule has 0 radical (unpaired) electrons. The molecule has 1 aromatic heterocycles. The molecular weight excluding hydrogens is 268 g/mol. The first-order valence-electron chi connectivity index (χ1n) is 6.38. The fourth-order valence-electron chi connectivity index (χ4n) is 2.49. The van der Waals surface area contributed by atoms with Gasteiger partial charge in [0.15, 0.2) is 0 Å². The van der Waals surface area contributed by atoms with Gasteiger partial charge < -0.3 is 5.11 Å². The number of carboxylic acids is 1. The topological polar surface area (TPSA) is 37.3 Å². The molecule has 2 nitrogen and oxygen atoms in total. The second-order valence-electron chi connectivity index (χ2n) is 4.98. The Labute approximate surface area is 121 Å². The predicted molar refractivity (Wildman–Crippen MR) is 83.7 cm³/mol. The summed E-state index contributed by atoms with van der Waals surface area (Å²) in [6.07, 6.45) is 0. The molecular formula is C17H14O2S. The van der Waals surface area contributed by atoms with Gasteiger partial charge in [0.2, 0.25) is 0 Å². The van der Waals surface area contributed by atoms with Crippen LogP contribution in [0, 0.1) is 13.8 Å². The molecule has 100 valence electrons. The van der Waals surface area contributed by atoms with E-state index in [0.717, 1.165) is 15.6 Å². The number of hydrogen-bond donors (Lipinski definition) is 1. The van der Waals surface area contributed by atoms with Crippen molar-refractivity contribution < 1.29 is 9.90 Å². The van der Waals surface area contributed by atoms with E-state index >= 15 is 0 Å². The van der Waals surface area contributed by atoms with E-state index in [1.165, 1.54) is 16.7 Å². The third kappa shape index (κ3) is 2.10. The molecule has 0 aliphatic rings. The van der Waals surface area contributed by atoms with Crippen LogP contribution in [0.4, 0.5) is 0 Å². The van der Waals surface area contributed by atoms with Crippen molar-refractivity contribution in [3.05, 3.63) is 58.5 Å². The molecule has 1 N–H and O–H groups in total. The maximum absolute atomic E-state index is 11.1. The molecule has 2 aromatic carbocycles. The summed E-state index contributed by atoms with van der Waals surface area (Å²) in [7, 11) is 0. The molecule has 0 aliphatic carbocycles. The average Bonchev–Trinajstić information content (AvgIpc) is 2.81. The van der Waals surface area contributed by atoms with E-state index in [1.54, 1.807) is 23.5 Å². The molecule has 20 heavy (non-hydrogen) atoms. The van der Waals surface area contributed by atoms with E-state index in [2.05, 4.69) is 37.4 Å². The van der Waals surface area contributed by atoms with Gasteiger partial charge >= 0.3 is 5.97 Å². The highest BCUT2D eigenvalue weighted by atomic mass is 32.1. The lowest BCUT2D eigenvalue weighted by atomic mass is 9.97. The number of aromatic carboxylic acids is 1. The van der Waals surface area contributed by atoms with Crippen LogP contribution in [0.15, 0.2) is 41.8 Å². The van der Waals surface area contributed by atoms with Gasteiger partial charge in [-0.3, -0.25) is 0 Å². The molecule has 3 rings (SSSR count). The maximum Gasteiger partial charge on any atom is 0.335 e. The molecule has 0 aliphatic heterocycles. The Hall–Kier alpha value is -2.13. The molecule has 3 heteroatoms.